The van der Waals surface area contributed by atoms with E-state index in [2.05, 4.69) is 26.3 Å². The van der Waals surface area contributed by atoms with Gasteiger partial charge < -0.3 is 5.32 Å². The Bertz CT molecular complexity index is 582. The molecule has 0 saturated heterocycles. The number of anilines is 1. The molecule has 18 heavy (non-hydrogen) atoms. The third kappa shape index (κ3) is 2.67. The number of benzene rings is 1. The molecule has 1 aromatic heterocycles. The fourth-order valence-electron chi connectivity index (χ4n) is 1.67. The maximum Gasteiger partial charge on any atom is 0.269 e. The number of nitro groups is 1. The van der Waals surface area contributed by atoms with Crippen LogP contribution in [0, 0.1) is 10.1 Å². The monoisotopic (exact) mass is 310 g/mol. The van der Waals surface area contributed by atoms with Crippen LogP contribution in [0.3, 0.4) is 0 Å². The maximum atomic E-state index is 10.8. The number of aromatic nitrogens is 2. The van der Waals surface area contributed by atoms with Crippen molar-refractivity contribution in [1.29, 1.82) is 0 Å². The highest BCUT2D eigenvalue weighted by atomic mass is 79.9. The van der Waals surface area contributed by atoms with Crippen LogP contribution in [-0.2, 0) is 6.54 Å². The Morgan fingerprint density at radius 3 is 2.89 bits per heavy atom. The van der Waals surface area contributed by atoms with Gasteiger partial charge in [-0.15, -0.1) is 0 Å². The van der Waals surface area contributed by atoms with E-state index in [1.807, 2.05) is 6.20 Å². The molecule has 0 bridgehead atoms. The average Bonchev–Trinajstić information content (AvgIpc) is 2.74. The van der Waals surface area contributed by atoms with E-state index in [0.717, 1.165) is 15.7 Å². The Balaban J connectivity index is 2.35. The van der Waals surface area contributed by atoms with Crippen molar-refractivity contribution in [1.82, 2.24) is 9.78 Å². The summed E-state index contributed by atoms with van der Waals surface area (Å²) >= 11 is 3.31. The first kappa shape index (κ1) is 12.6. The van der Waals surface area contributed by atoms with Crippen molar-refractivity contribution in [3.63, 3.8) is 0 Å². The van der Waals surface area contributed by atoms with Gasteiger partial charge in [-0.2, -0.15) is 5.10 Å². The molecule has 0 spiro atoms. The van der Waals surface area contributed by atoms with E-state index >= 15 is 0 Å². The number of non-ortho nitro benzene ring substituents is 1. The van der Waals surface area contributed by atoms with Crippen molar-refractivity contribution in [2.45, 2.75) is 6.54 Å². The molecule has 2 rings (SSSR count). The molecule has 0 atom stereocenters. The van der Waals surface area contributed by atoms with Crippen LogP contribution in [0.25, 0.3) is 0 Å². The Hall–Kier alpha value is -1.89. The second kappa shape index (κ2) is 5.18. The molecule has 0 fully saturated rings. The Morgan fingerprint density at radius 2 is 2.33 bits per heavy atom. The number of hydrogen-bond donors (Lipinski definition) is 1. The summed E-state index contributed by atoms with van der Waals surface area (Å²) in [6.07, 6.45) is 3.49. The van der Waals surface area contributed by atoms with Crippen LogP contribution in [0.2, 0.25) is 0 Å². The fourth-order valence-corrected chi connectivity index (χ4v) is 2.00. The van der Waals surface area contributed by atoms with Gasteiger partial charge in [0.1, 0.15) is 0 Å². The maximum absolute atomic E-state index is 10.8. The molecule has 94 valence electrons. The van der Waals surface area contributed by atoms with Crippen molar-refractivity contribution in [2.75, 3.05) is 12.4 Å². The van der Waals surface area contributed by atoms with E-state index in [1.165, 1.54) is 6.07 Å². The summed E-state index contributed by atoms with van der Waals surface area (Å²) in [6.45, 7) is 0.476. The third-order valence-corrected chi connectivity index (χ3v) is 2.91. The van der Waals surface area contributed by atoms with Gasteiger partial charge in [0.05, 0.1) is 22.1 Å². The summed E-state index contributed by atoms with van der Waals surface area (Å²) in [5, 5.41) is 17.9. The Labute approximate surface area is 112 Å². The van der Waals surface area contributed by atoms with Gasteiger partial charge in [0.25, 0.3) is 5.69 Å². The predicted octanol–water partition coefficient (Wildman–Crippen LogP) is 2.64. The van der Waals surface area contributed by atoms with Crippen LogP contribution < -0.4 is 5.32 Å². The van der Waals surface area contributed by atoms with Crippen molar-refractivity contribution in [3.05, 3.63) is 50.7 Å². The van der Waals surface area contributed by atoms with Gasteiger partial charge in [0.15, 0.2) is 0 Å². The molecule has 0 aliphatic rings. The Morgan fingerprint density at radius 1 is 1.56 bits per heavy atom. The zero-order chi connectivity index (χ0) is 13.1. The number of halogens is 1. The minimum Gasteiger partial charge on any atom is -0.388 e. The summed E-state index contributed by atoms with van der Waals surface area (Å²) in [5.74, 6) is 0. The van der Waals surface area contributed by atoms with E-state index in [-0.39, 0.29) is 5.69 Å². The zero-order valence-electron chi connectivity index (χ0n) is 9.63. The first-order valence-electron chi connectivity index (χ1n) is 5.23. The van der Waals surface area contributed by atoms with E-state index < -0.39 is 4.92 Å². The molecule has 6 nitrogen and oxygen atoms in total. The lowest BCUT2D eigenvalue weighted by atomic mass is 10.1. The highest BCUT2D eigenvalue weighted by Crippen LogP contribution is 2.23. The summed E-state index contributed by atoms with van der Waals surface area (Å²) < 4.78 is 2.59. The van der Waals surface area contributed by atoms with Crippen molar-refractivity contribution in [2.24, 2.45) is 0 Å². The molecule has 1 heterocycles. The molecule has 0 radical (unpaired) electrons. The molecule has 7 heteroatoms. The van der Waals surface area contributed by atoms with Crippen LogP contribution in [0.5, 0.6) is 0 Å². The molecular formula is C11H11BrN4O2. The van der Waals surface area contributed by atoms with Crippen LogP contribution in [0.4, 0.5) is 11.4 Å². The molecule has 0 unspecified atom stereocenters. The van der Waals surface area contributed by atoms with Crippen molar-refractivity contribution >= 4 is 27.3 Å². The second-order valence-electron chi connectivity index (χ2n) is 3.70. The molecule has 2 aromatic rings. The zero-order valence-corrected chi connectivity index (χ0v) is 11.2. The number of nitrogens with one attached hydrogen (secondary N) is 1. The predicted molar refractivity (Wildman–Crippen MR) is 71.7 cm³/mol. The summed E-state index contributed by atoms with van der Waals surface area (Å²) in [7, 11) is 1.78. The van der Waals surface area contributed by atoms with E-state index in [9.17, 15) is 10.1 Å². The van der Waals surface area contributed by atoms with Crippen molar-refractivity contribution in [3.8, 4) is 0 Å². The standard InChI is InChI=1S/C11H11BrN4O2/c1-13-11-3-2-10(16(17)18)4-8(11)6-15-7-9(12)5-14-15/h2-5,7,13H,6H2,1H3. The molecular weight excluding hydrogens is 300 g/mol. The fraction of sp³-hybridized carbons (Fsp3) is 0.182. The largest absolute Gasteiger partial charge is 0.388 e. The van der Waals surface area contributed by atoms with Gasteiger partial charge in [0.2, 0.25) is 0 Å². The van der Waals surface area contributed by atoms with Gasteiger partial charge in [-0.05, 0) is 22.0 Å². The third-order valence-electron chi connectivity index (χ3n) is 2.50. The molecule has 0 aliphatic carbocycles. The molecule has 1 N–H and O–H groups in total. The van der Waals surface area contributed by atoms with E-state index in [0.29, 0.717) is 6.54 Å². The first-order valence-corrected chi connectivity index (χ1v) is 6.02. The van der Waals surface area contributed by atoms with Gasteiger partial charge in [-0.25, -0.2) is 0 Å². The smallest absolute Gasteiger partial charge is 0.269 e. The van der Waals surface area contributed by atoms with Crippen LogP contribution in [0.1, 0.15) is 5.56 Å². The number of hydrogen-bond acceptors (Lipinski definition) is 4. The SMILES string of the molecule is CNc1ccc([N+](=O)[O-])cc1Cn1cc(Br)cn1. The summed E-state index contributed by atoms with van der Waals surface area (Å²) in [6, 6.07) is 4.74. The number of nitrogens with zero attached hydrogens (tertiary/aromatic N) is 3. The topological polar surface area (TPSA) is 73.0 Å². The molecule has 0 amide bonds. The van der Waals surface area contributed by atoms with Crippen LogP contribution in [-0.4, -0.2) is 21.8 Å². The molecule has 1 aromatic carbocycles. The minimum absolute atomic E-state index is 0.0789. The normalized spacial score (nSPS) is 10.3. The van der Waals surface area contributed by atoms with Gasteiger partial charge in [0, 0.05) is 36.6 Å². The second-order valence-corrected chi connectivity index (χ2v) is 4.62. The van der Waals surface area contributed by atoms with Crippen LogP contribution in [0.15, 0.2) is 35.1 Å². The lowest BCUT2D eigenvalue weighted by Crippen LogP contribution is -2.04. The van der Waals surface area contributed by atoms with E-state index in [4.69, 9.17) is 0 Å². The number of rotatable bonds is 4. The lowest BCUT2D eigenvalue weighted by Gasteiger charge is -2.08. The van der Waals surface area contributed by atoms with Gasteiger partial charge >= 0.3 is 0 Å². The van der Waals surface area contributed by atoms with Crippen LogP contribution >= 0.6 is 15.9 Å². The molecule has 0 aliphatic heterocycles. The highest BCUT2D eigenvalue weighted by molar-refractivity contribution is 9.10. The van der Waals surface area contributed by atoms with E-state index in [1.54, 1.807) is 30.1 Å². The quantitative estimate of drug-likeness (QED) is 0.696. The summed E-state index contributed by atoms with van der Waals surface area (Å²) in [5.41, 5.74) is 1.75. The van der Waals surface area contributed by atoms with Gasteiger partial charge in [-0.3, -0.25) is 14.8 Å². The van der Waals surface area contributed by atoms with Gasteiger partial charge in [-0.1, -0.05) is 0 Å². The first-order chi connectivity index (χ1) is 8.60. The highest BCUT2D eigenvalue weighted by Gasteiger charge is 2.10. The number of nitro benzene ring substituents is 1. The average molecular weight is 311 g/mol. The lowest BCUT2D eigenvalue weighted by molar-refractivity contribution is -0.384. The Kier molecular flexibility index (Phi) is 3.61. The summed E-state index contributed by atoms with van der Waals surface area (Å²) in [4.78, 5) is 10.4. The van der Waals surface area contributed by atoms with Crippen molar-refractivity contribution < 1.29 is 4.92 Å². The molecule has 0 saturated carbocycles. The minimum atomic E-state index is -0.401.